The maximum absolute atomic E-state index is 14.3. The van der Waals surface area contributed by atoms with E-state index >= 15 is 0 Å². The van der Waals surface area contributed by atoms with Crippen LogP contribution < -0.4 is 5.32 Å². The third-order valence-corrected chi connectivity index (χ3v) is 4.14. The Morgan fingerprint density at radius 1 is 1.11 bits per heavy atom. The number of carbonyl (C=O) groups excluding carboxylic acids is 1. The molecule has 0 aliphatic heterocycles. The highest BCUT2D eigenvalue weighted by Crippen LogP contribution is 2.41. The zero-order valence-corrected chi connectivity index (χ0v) is 14.6. The summed E-state index contributed by atoms with van der Waals surface area (Å²) < 4.78 is 56.8. The molecule has 27 heavy (non-hydrogen) atoms. The van der Waals surface area contributed by atoms with E-state index in [-0.39, 0.29) is 10.6 Å². The molecule has 0 spiro atoms. The molecule has 1 N–H and O–H groups in total. The zero-order chi connectivity index (χ0) is 19.8. The van der Waals surface area contributed by atoms with Crippen LogP contribution in [0.1, 0.15) is 16.1 Å². The van der Waals surface area contributed by atoms with Gasteiger partial charge in [0.2, 0.25) is 0 Å². The van der Waals surface area contributed by atoms with E-state index in [4.69, 9.17) is 23.2 Å². The van der Waals surface area contributed by atoms with E-state index in [1.807, 2.05) is 0 Å². The van der Waals surface area contributed by atoms with Gasteiger partial charge in [-0.2, -0.15) is 13.2 Å². The molecule has 0 saturated carbocycles. The van der Waals surface area contributed by atoms with Gasteiger partial charge in [0.05, 0.1) is 10.6 Å². The summed E-state index contributed by atoms with van der Waals surface area (Å²) in [6.07, 6.45) is -4.90. The first-order valence-electron chi connectivity index (χ1n) is 7.26. The van der Waals surface area contributed by atoms with Crippen molar-refractivity contribution in [2.24, 2.45) is 0 Å². The molecule has 0 radical (unpaired) electrons. The predicted octanol–water partition coefficient (Wildman–Crippen LogP) is 6.06. The van der Waals surface area contributed by atoms with Crippen LogP contribution in [0, 0.1) is 5.82 Å². The molecule has 4 nitrogen and oxygen atoms in total. The largest absolute Gasteiger partial charge is 0.453 e. The highest BCUT2D eigenvalue weighted by molar-refractivity contribution is 6.35. The Morgan fingerprint density at radius 2 is 1.78 bits per heavy atom. The van der Waals surface area contributed by atoms with Gasteiger partial charge in [0.1, 0.15) is 16.5 Å². The monoisotopic (exact) mass is 418 g/mol. The van der Waals surface area contributed by atoms with Crippen molar-refractivity contribution in [3.8, 4) is 11.3 Å². The van der Waals surface area contributed by atoms with E-state index < -0.39 is 39.9 Å². The SMILES string of the molecule is O=C(Nc1ccccc1)c1cc(-c2noc(C(F)(F)F)c2Cl)c(F)cc1Cl. The van der Waals surface area contributed by atoms with Crippen LogP contribution in [0.25, 0.3) is 11.3 Å². The van der Waals surface area contributed by atoms with Crippen molar-refractivity contribution >= 4 is 34.8 Å². The maximum Gasteiger partial charge on any atom is 0.453 e. The number of amides is 1. The number of rotatable bonds is 3. The molecule has 0 saturated heterocycles. The lowest BCUT2D eigenvalue weighted by atomic mass is 10.1. The van der Waals surface area contributed by atoms with Crippen molar-refractivity contribution in [2.75, 3.05) is 5.32 Å². The van der Waals surface area contributed by atoms with Crippen LogP contribution in [-0.2, 0) is 6.18 Å². The molecule has 0 aliphatic rings. The second kappa shape index (κ2) is 7.21. The van der Waals surface area contributed by atoms with Crippen molar-refractivity contribution in [1.82, 2.24) is 5.16 Å². The van der Waals surface area contributed by atoms with Crippen LogP contribution in [-0.4, -0.2) is 11.1 Å². The smallest absolute Gasteiger partial charge is 0.349 e. The molecule has 1 aromatic heterocycles. The van der Waals surface area contributed by atoms with Crippen molar-refractivity contribution in [3.05, 3.63) is 69.7 Å². The molecule has 0 fully saturated rings. The van der Waals surface area contributed by atoms with Crippen molar-refractivity contribution < 1.29 is 26.9 Å². The number of anilines is 1. The Bertz CT molecular complexity index is 1000. The summed E-state index contributed by atoms with van der Waals surface area (Å²) in [6.45, 7) is 0. The highest BCUT2D eigenvalue weighted by atomic mass is 35.5. The first-order chi connectivity index (χ1) is 12.7. The van der Waals surface area contributed by atoms with E-state index in [2.05, 4.69) is 15.0 Å². The number of alkyl halides is 3. The molecule has 1 amide bonds. The Kier molecular flexibility index (Phi) is 5.12. The predicted molar refractivity (Wildman–Crippen MR) is 91.3 cm³/mol. The number of carbonyl (C=O) groups is 1. The van der Waals surface area contributed by atoms with E-state index in [9.17, 15) is 22.4 Å². The number of hydrogen-bond acceptors (Lipinski definition) is 3. The molecule has 0 atom stereocenters. The fraction of sp³-hybridized carbons (Fsp3) is 0.0588. The molecular weight excluding hydrogens is 411 g/mol. The lowest BCUT2D eigenvalue weighted by molar-refractivity contribution is -0.155. The summed E-state index contributed by atoms with van der Waals surface area (Å²) in [5, 5.41) is 4.57. The number of nitrogens with one attached hydrogen (secondary N) is 1. The summed E-state index contributed by atoms with van der Waals surface area (Å²) in [4.78, 5) is 12.4. The standard InChI is InChI=1S/C17H8Cl2F4N2O2/c18-11-7-12(20)10(14-13(19)15(27-25-14)17(21,22)23)6-9(11)16(26)24-8-4-2-1-3-5-8/h1-7H,(H,24,26). The molecule has 3 aromatic rings. The highest BCUT2D eigenvalue weighted by Gasteiger charge is 2.40. The lowest BCUT2D eigenvalue weighted by Gasteiger charge is -2.09. The summed E-state index contributed by atoms with van der Waals surface area (Å²) in [5.41, 5.74) is -0.776. The maximum atomic E-state index is 14.3. The molecule has 0 unspecified atom stereocenters. The normalized spacial score (nSPS) is 11.5. The zero-order valence-electron chi connectivity index (χ0n) is 13.1. The van der Waals surface area contributed by atoms with Crippen LogP contribution in [0.4, 0.5) is 23.2 Å². The number of hydrogen-bond donors (Lipinski definition) is 1. The minimum absolute atomic E-state index is 0.176. The number of nitrogens with zero attached hydrogens (tertiary/aromatic N) is 1. The second-order valence-electron chi connectivity index (χ2n) is 5.30. The summed E-state index contributed by atoms with van der Waals surface area (Å²) in [5.74, 6) is -3.27. The number of para-hydroxylation sites is 1. The van der Waals surface area contributed by atoms with Gasteiger partial charge < -0.3 is 9.84 Å². The average molecular weight is 419 g/mol. The first-order valence-corrected chi connectivity index (χ1v) is 8.02. The van der Waals surface area contributed by atoms with Crippen LogP contribution in [0.3, 0.4) is 0 Å². The van der Waals surface area contributed by atoms with Crippen molar-refractivity contribution in [3.63, 3.8) is 0 Å². The molecule has 10 heteroatoms. The number of benzene rings is 2. The summed E-state index contributed by atoms with van der Waals surface area (Å²) in [6, 6.07) is 10.1. The van der Waals surface area contributed by atoms with Crippen LogP contribution in [0.2, 0.25) is 10.0 Å². The fourth-order valence-electron chi connectivity index (χ4n) is 2.25. The molecule has 0 bridgehead atoms. The molecule has 2 aromatic carbocycles. The minimum atomic E-state index is -4.90. The van der Waals surface area contributed by atoms with Gasteiger partial charge in [0.15, 0.2) is 0 Å². The topological polar surface area (TPSA) is 55.1 Å². The minimum Gasteiger partial charge on any atom is -0.349 e. The second-order valence-corrected chi connectivity index (χ2v) is 6.09. The molecule has 0 aliphatic carbocycles. The van der Waals surface area contributed by atoms with Crippen molar-refractivity contribution in [2.45, 2.75) is 6.18 Å². The van der Waals surface area contributed by atoms with Crippen LogP contribution >= 0.6 is 23.2 Å². The van der Waals surface area contributed by atoms with E-state index in [0.717, 1.165) is 12.1 Å². The van der Waals surface area contributed by atoms with E-state index in [0.29, 0.717) is 5.69 Å². The van der Waals surface area contributed by atoms with Gasteiger partial charge in [-0.15, -0.1) is 0 Å². The number of halogens is 6. The van der Waals surface area contributed by atoms with Gasteiger partial charge in [0.25, 0.3) is 11.7 Å². The van der Waals surface area contributed by atoms with Crippen LogP contribution in [0.5, 0.6) is 0 Å². The van der Waals surface area contributed by atoms with Gasteiger partial charge in [0, 0.05) is 11.3 Å². The van der Waals surface area contributed by atoms with Gasteiger partial charge >= 0.3 is 6.18 Å². The van der Waals surface area contributed by atoms with Gasteiger partial charge in [-0.25, -0.2) is 4.39 Å². The van der Waals surface area contributed by atoms with E-state index in [1.54, 1.807) is 30.3 Å². The van der Waals surface area contributed by atoms with E-state index in [1.165, 1.54) is 0 Å². The van der Waals surface area contributed by atoms with Crippen LogP contribution in [0.15, 0.2) is 47.0 Å². The Morgan fingerprint density at radius 3 is 2.37 bits per heavy atom. The third kappa shape index (κ3) is 3.91. The average Bonchev–Trinajstić information content (AvgIpc) is 2.97. The molecule has 3 rings (SSSR count). The fourth-order valence-corrected chi connectivity index (χ4v) is 2.76. The number of aromatic nitrogens is 1. The van der Waals surface area contributed by atoms with Gasteiger partial charge in [-0.1, -0.05) is 46.6 Å². The summed E-state index contributed by atoms with van der Waals surface area (Å²) in [7, 11) is 0. The Balaban J connectivity index is 2.03. The Hall–Kier alpha value is -2.58. The van der Waals surface area contributed by atoms with Gasteiger partial charge in [-0.05, 0) is 24.3 Å². The first kappa shape index (κ1) is 19.2. The third-order valence-electron chi connectivity index (χ3n) is 3.48. The van der Waals surface area contributed by atoms with Gasteiger partial charge in [-0.3, -0.25) is 4.79 Å². The lowest BCUT2D eigenvalue weighted by Crippen LogP contribution is -2.13. The molecule has 1 heterocycles. The quantitative estimate of drug-likeness (QED) is 0.526. The Labute approximate surface area is 159 Å². The summed E-state index contributed by atoms with van der Waals surface area (Å²) >= 11 is 11.6. The molecule has 140 valence electrons. The molecular formula is C17H8Cl2F4N2O2. The van der Waals surface area contributed by atoms with Crippen molar-refractivity contribution in [1.29, 1.82) is 0 Å².